The first-order chi connectivity index (χ1) is 9.70. The molecular weight excluding hydrogens is 314 g/mol. The van der Waals surface area contributed by atoms with E-state index in [1.54, 1.807) is 12.1 Å². The minimum atomic E-state index is -0.0902. The SMILES string of the molecule is CCCCc1ccc(NC(=O)c2ccccc2)c(Br)c1. The summed E-state index contributed by atoms with van der Waals surface area (Å²) >= 11 is 3.53. The Morgan fingerprint density at radius 1 is 1.15 bits per heavy atom. The van der Waals surface area contributed by atoms with E-state index in [2.05, 4.69) is 40.3 Å². The van der Waals surface area contributed by atoms with E-state index in [0.29, 0.717) is 5.56 Å². The number of carbonyl (C=O) groups excluding carboxylic acids is 1. The first-order valence-corrected chi connectivity index (χ1v) is 7.65. The largest absolute Gasteiger partial charge is 0.321 e. The van der Waals surface area contributed by atoms with Crippen LogP contribution in [0.5, 0.6) is 0 Å². The number of unbranched alkanes of at least 4 members (excludes halogenated alkanes) is 1. The lowest BCUT2D eigenvalue weighted by atomic mass is 10.1. The van der Waals surface area contributed by atoms with Gasteiger partial charge in [-0.3, -0.25) is 4.79 Å². The van der Waals surface area contributed by atoms with Crippen molar-refractivity contribution >= 4 is 27.5 Å². The summed E-state index contributed by atoms with van der Waals surface area (Å²) < 4.78 is 0.926. The molecule has 0 spiro atoms. The number of rotatable bonds is 5. The maximum absolute atomic E-state index is 12.1. The Balaban J connectivity index is 2.08. The van der Waals surface area contributed by atoms with Gasteiger partial charge in [0.15, 0.2) is 0 Å². The van der Waals surface area contributed by atoms with Gasteiger partial charge in [0.2, 0.25) is 0 Å². The van der Waals surface area contributed by atoms with Crippen molar-refractivity contribution in [3.05, 3.63) is 64.1 Å². The Morgan fingerprint density at radius 3 is 2.55 bits per heavy atom. The summed E-state index contributed by atoms with van der Waals surface area (Å²) in [4.78, 5) is 12.1. The first-order valence-electron chi connectivity index (χ1n) is 6.85. The van der Waals surface area contributed by atoms with Gasteiger partial charge in [-0.2, -0.15) is 0 Å². The van der Waals surface area contributed by atoms with Crippen molar-refractivity contribution in [2.45, 2.75) is 26.2 Å². The standard InChI is InChI=1S/C17H18BrNO/c1-2-3-7-13-10-11-16(15(18)12-13)19-17(20)14-8-5-4-6-9-14/h4-6,8-12H,2-3,7H2,1H3,(H,19,20). The third-order valence-corrected chi connectivity index (χ3v) is 3.79. The van der Waals surface area contributed by atoms with Gasteiger partial charge in [-0.1, -0.05) is 37.6 Å². The average Bonchev–Trinajstić information content (AvgIpc) is 2.48. The molecule has 2 rings (SSSR count). The number of aryl methyl sites for hydroxylation is 1. The van der Waals surface area contributed by atoms with Gasteiger partial charge < -0.3 is 5.32 Å². The molecule has 0 aliphatic rings. The molecule has 0 unspecified atom stereocenters. The fourth-order valence-corrected chi connectivity index (χ4v) is 2.51. The van der Waals surface area contributed by atoms with Crippen LogP contribution in [0.4, 0.5) is 5.69 Å². The third kappa shape index (κ3) is 3.94. The minimum absolute atomic E-state index is 0.0902. The number of nitrogens with one attached hydrogen (secondary N) is 1. The van der Waals surface area contributed by atoms with Crippen LogP contribution in [0.2, 0.25) is 0 Å². The van der Waals surface area contributed by atoms with E-state index in [9.17, 15) is 4.79 Å². The van der Waals surface area contributed by atoms with Crippen LogP contribution < -0.4 is 5.32 Å². The van der Waals surface area contributed by atoms with Crippen LogP contribution in [0.3, 0.4) is 0 Å². The summed E-state index contributed by atoms with van der Waals surface area (Å²) in [5.74, 6) is -0.0902. The van der Waals surface area contributed by atoms with Gasteiger partial charge >= 0.3 is 0 Å². The second kappa shape index (κ2) is 7.25. The number of halogens is 1. The van der Waals surface area contributed by atoms with Crippen molar-refractivity contribution in [3.63, 3.8) is 0 Å². The highest BCUT2D eigenvalue weighted by Gasteiger charge is 2.08. The lowest BCUT2D eigenvalue weighted by Crippen LogP contribution is -2.12. The maximum atomic E-state index is 12.1. The molecule has 2 aromatic carbocycles. The van der Waals surface area contributed by atoms with Crippen LogP contribution in [-0.2, 0) is 6.42 Å². The zero-order valence-corrected chi connectivity index (χ0v) is 13.1. The van der Waals surface area contributed by atoms with Crippen LogP contribution in [0.25, 0.3) is 0 Å². The zero-order chi connectivity index (χ0) is 14.4. The van der Waals surface area contributed by atoms with E-state index >= 15 is 0 Å². The number of anilines is 1. The van der Waals surface area contributed by atoms with E-state index in [-0.39, 0.29) is 5.91 Å². The molecule has 0 aliphatic heterocycles. The van der Waals surface area contributed by atoms with Crippen LogP contribution in [0, 0.1) is 0 Å². The third-order valence-electron chi connectivity index (χ3n) is 3.14. The highest BCUT2D eigenvalue weighted by molar-refractivity contribution is 9.10. The second-order valence-electron chi connectivity index (χ2n) is 4.74. The molecule has 2 nitrogen and oxygen atoms in total. The van der Waals surface area contributed by atoms with Gasteiger partial charge in [0.1, 0.15) is 0 Å². The maximum Gasteiger partial charge on any atom is 0.255 e. The predicted molar refractivity (Wildman–Crippen MR) is 87.1 cm³/mol. The Labute approximate surface area is 128 Å². The molecule has 0 radical (unpaired) electrons. The van der Waals surface area contributed by atoms with Gasteiger partial charge in [-0.05, 0) is 58.6 Å². The number of hydrogen-bond acceptors (Lipinski definition) is 1. The molecule has 3 heteroatoms. The smallest absolute Gasteiger partial charge is 0.255 e. The van der Waals surface area contributed by atoms with E-state index in [4.69, 9.17) is 0 Å². The van der Waals surface area contributed by atoms with Crippen LogP contribution in [0.1, 0.15) is 35.7 Å². The number of hydrogen-bond donors (Lipinski definition) is 1. The quantitative estimate of drug-likeness (QED) is 0.816. The molecule has 0 saturated carbocycles. The summed E-state index contributed by atoms with van der Waals surface area (Å²) in [7, 11) is 0. The van der Waals surface area contributed by atoms with Crippen molar-refractivity contribution < 1.29 is 4.79 Å². The van der Waals surface area contributed by atoms with Crippen molar-refractivity contribution in [3.8, 4) is 0 Å². The number of benzene rings is 2. The molecular formula is C17H18BrNO. The fraction of sp³-hybridized carbons (Fsp3) is 0.235. The predicted octanol–water partition coefficient (Wildman–Crippen LogP) is 5.04. The molecule has 0 fully saturated rings. The molecule has 2 aromatic rings. The topological polar surface area (TPSA) is 29.1 Å². The Hall–Kier alpha value is -1.61. The van der Waals surface area contributed by atoms with Crippen molar-refractivity contribution in [2.75, 3.05) is 5.32 Å². The molecule has 0 bridgehead atoms. The van der Waals surface area contributed by atoms with E-state index < -0.39 is 0 Å². The summed E-state index contributed by atoms with van der Waals surface area (Å²) in [5, 5.41) is 2.92. The Bertz CT molecular complexity index is 581. The highest BCUT2D eigenvalue weighted by atomic mass is 79.9. The van der Waals surface area contributed by atoms with Gasteiger partial charge in [0.25, 0.3) is 5.91 Å². The number of carbonyl (C=O) groups is 1. The zero-order valence-electron chi connectivity index (χ0n) is 11.5. The summed E-state index contributed by atoms with van der Waals surface area (Å²) in [6.07, 6.45) is 3.44. The van der Waals surface area contributed by atoms with Crippen molar-refractivity contribution in [2.24, 2.45) is 0 Å². The monoisotopic (exact) mass is 331 g/mol. The minimum Gasteiger partial charge on any atom is -0.321 e. The Morgan fingerprint density at radius 2 is 1.90 bits per heavy atom. The normalized spacial score (nSPS) is 10.3. The van der Waals surface area contributed by atoms with E-state index in [1.807, 2.05) is 24.3 Å². The fourth-order valence-electron chi connectivity index (χ4n) is 1.98. The lowest BCUT2D eigenvalue weighted by molar-refractivity contribution is 0.102. The highest BCUT2D eigenvalue weighted by Crippen LogP contribution is 2.25. The van der Waals surface area contributed by atoms with E-state index in [0.717, 1.165) is 16.6 Å². The van der Waals surface area contributed by atoms with Crippen LogP contribution >= 0.6 is 15.9 Å². The molecule has 104 valence electrons. The second-order valence-corrected chi connectivity index (χ2v) is 5.59. The van der Waals surface area contributed by atoms with Gasteiger partial charge in [0.05, 0.1) is 5.69 Å². The average molecular weight is 332 g/mol. The van der Waals surface area contributed by atoms with Gasteiger partial charge in [-0.25, -0.2) is 0 Å². The number of amides is 1. The summed E-state index contributed by atoms with van der Waals surface area (Å²) in [6, 6.07) is 15.3. The lowest BCUT2D eigenvalue weighted by Gasteiger charge is -2.09. The van der Waals surface area contributed by atoms with Crippen LogP contribution in [-0.4, -0.2) is 5.91 Å². The molecule has 20 heavy (non-hydrogen) atoms. The summed E-state index contributed by atoms with van der Waals surface area (Å²) in [5.41, 5.74) is 2.75. The van der Waals surface area contributed by atoms with Crippen LogP contribution in [0.15, 0.2) is 53.0 Å². The first kappa shape index (κ1) is 14.8. The van der Waals surface area contributed by atoms with Gasteiger partial charge in [-0.15, -0.1) is 0 Å². The van der Waals surface area contributed by atoms with Crippen molar-refractivity contribution in [1.29, 1.82) is 0 Å². The molecule has 1 amide bonds. The molecule has 0 aromatic heterocycles. The molecule has 1 N–H and O–H groups in total. The summed E-state index contributed by atoms with van der Waals surface area (Å²) in [6.45, 7) is 2.18. The molecule has 0 saturated heterocycles. The van der Waals surface area contributed by atoms with Crippen molar-refractivity contribution in [1.82, 2.24) is 0 Å². The molecule has 0 atom stereocenters. The Kier molecular flexibility index (Phi) is 5.36. The van der Waals surface area contributed by atoms with E-state index in [1.165, 1.54) is 18.4 Å². The van der Waals surface area contributed by atoms with Gasteiger partial charge in [0, 0.05) is 10.0 Å². The molecule has 0 heterocycles. The molecule has 0 aliphatic carbocycles.